The highest BCUT2D eigenvalue weighted by Gasteiger charge is 2.20. The lowest BCUT2D eigenvalue weighted by Crippen LogP contribution is -2.24. The summed E-state index contributed by atoms with van der Waals surface area (Å²) in [5.74, 6) is -0.216. The third kappa shape index (κ3) is 5.17. The number of thiazole rings is 1. The molecule has 0 aliphatic heterocycles. The van der Waals surface area contributed by atoms with Crippen molar-refractivity contribution in [2.75, 3.05) is 11.3 Å². The molecule has 1 amide bonds. The van der Waals surface area contributed by atoms with Crippen LogP contribution in [0, 0.1) is 6.92 Å². The number of hydrogen-bond acceptors (Lipinski definition) is 5. The minimum absolute atomic E-state index is 0.157. The summed E-state index contributed by atoms with van der Waals surface area (Å²) in [6, 6.07) is 8.08. The highest BCUT2D eigenvalue weighted by molar-refractivity contribution is 7.93. The van der Waals surface area contributed by atoms with Gasteiger partial charge in [-0.2, -0.15) is 0 Å². The van der Waals surface area contributed by atoms with Crippen molar-refractivity contribution in [2.24, 2.45) is 0 Å². The molecular weight excluding hydrogens is 382 g/mol. The average molecular weight is 406 g/mol. The topological polar surface area (TPSA) is 88.2 Å². The average Bonchev–Trinajstić information content (AvgIpc) is 3.03. The van der Waals surface area contributed by atoms with E-state index in [1.165, 1.54) is 30.5 Å². The second kappa shape index (κ2) is 8.67. The van der Waals surface area contributed by atoms with E-state index in [0.29, 0.717) is 17.1 Å². The molecule has 0 spiro atoms. The molecule has 1 aromatic heterocycles. The molecule has 1 aliphatic carbocycles. The van der Waals surface area contributed by atoms with Crippen LogP contribution in [0.2, 0.25) is 0 Å². The number of aromatic nitrogens is 1. The Bertz CT molecular complexity index is 934. The second-order valence-electron chi connectivity index (χ2n) is 6.47. The summed E-state index contributed by atoms with van der Waals surface area (Å²) in [6.45, 7) is 2.28. The van der Waals surface area contributed by atoms with Gasteiger partial charge in [0.2, 0.25) is 0 Å². The van der Waals surface area contributed by atoms with Crippen molar-refractivity contribution in [1.82, 2.24) is 10.3 Å². The Hall–Kier alpha value is -2.19. The molecule has 0 saturated heterocycles. The van der Waals surface area contributed by atoms with E-state index in [4.69, 9.17) is 0 Å². The number of carbonyl (C=O) groups is 1. The van der Waals surface area contributed by atoms with Gasteiger partial charge in [0, 0.05) is 6.54 Å². The van der Waals surface area contributed by atoms with Crippen LogP contribution in [-0.2, 0) is 10.0 Å². The molecule has 3 rings (SSSR count). The fourth-order valence-corrected chi connectivity index (χ4v) is 5.11. The Morgan fingerprint density at radius 1 is 1.22 bits per heavy atom. The molecule has 2 N–H and O–H groups in total. The van der Waals surface area contributed by atoms with Gasteiger partial charge < -0.3 is 5.32 Å². The van der Waals surface area contributed by atoms with E-state index in [0.717, 1.165) is 30.6 Å². The van der Waals surface area contributed by atoms with Gasteiger partial charge >= 0.3 is 0 Å². The normalized spacial score (nSPS) is 14.5. The van der Waals surface area contributed by atoms with Gasteiger partial charge in [-0.15, -0.1) is 0 Å². The molecule has 2 aromatic rings. The van der Waals surface area contributed by atoms with E-state index in [1.807, 2.05) is 0 Å². The van der Waals surface area contributed by atoms with Gasteiger partial charge in [-0.1, -0.05) is 41.2 Å². The number of sulfonamides is 1. The summed E-state index contributed by atoms with van der Waals surface area (Å²) in [5.41, 5.74) is 1.92. The number of allylic oxidation sites excluding steroid dienone is 1. The number of carbonyl (C=O) groups excluding carboxylic acids is 1. The standard InChI is InChI=1S/C19H23N3O3S2/c1-14-17(18(23)20-13-12-15-8-4-2-5-9-15)26-19(21-14)22-27(24,25)16-10-6-3-7-11-16/h3,6-8,10-11H,2,4-5,9,12-13H2,1H3,(H,20,23)(H,21,22). The molecule has 1 aliphatic rings. The fourth-order valence-electron chi connectivity index (χ4n) is 2.97. The Balaban J connectivity index is 1.62. The first-order valence-electron chi connectivity index (χ1n) is 8.97. The zero-order valence-electron chi connectivity index (χ0n) is 15.2. The lowest BCUT2D eigenvalue weighted by atomic mass is 9.97. The summed E-state index contributed by atoms with van der Waals surface area (Å²) < 4.78 is 27.2. The Kier molecular flexibility index (Phi) is 6.28. The fraction of sp³-hybridized carbons (Fsp3) is 0.368. The van der Waals surface area contributed by atoms with Crippen molar-refractivity contribution in [3.05, 3.63) is 52.6 Å². The summed E-state index contributed by atoms with van der Waals surface area (Å²) in [5, 5.41) is 3.10. The molecule has 0 atom stereocenters. The quantitative estimate of drug-likeness (QED) is 0.685. The molecule has 27 heavy (non-hydrogen) atoms. The SMILES string of the molecule is Cc1nc(NS(=O)(=O)c2ccccc2)sc1C(=O)NCCC1=CCCCC1. The third-order valence-electron chi connectivity index (χ3n) is 4.39. The van der Waals surface area contributed by atoms with Gasteiger partial charge in [-0.25, -0.2) is 13.4 Å². The number of hydrogen-bond donors (Lipinski definition) is 2. The van der Waals surface area contributed by atoms with Crippen LogP contribution >= 0.6 is 11.3 Å². The van der Waals surface area contributed by atoms with Crippen molar-refractivity contribution in [1.29, 1.82) is 0 Å². The van der Waals surface area contributed by atoms with Crippen LogP contribution in [0.4, 0.5) is 5.13 Å². The maximum Gasteiger partial charge on any atom is 0.263 e. The second-order valence-corrected chi connectivity index (χ2v) is 9.15. The molecule has 0 radical (unpaired) electrons. The number of aryl methyl sites for hydroxylation is 1. The van der Waals surface area contributed by atoms with E-state index in [9.17, 15) is 13.2 Å². The number of benzene rings is 1. The van der Waals surface area contributed by atoms with E-state index < -0.39 is 10.0 Å². The molecular formula is C19H23N3O3S2. The van der Waals surface area contributed by atoms with Gasteiger partial charge in [0.1, 0.15) is 4.88 Å². The van der Waals surface area contributed by atoms with Crippen LogP contribution in [0.3, 0.4) is 0 Å². The number of amides is 1. The maximum atomic E-state index is 12.4. The molecule has 1 aromatic carbocycles. The summed E-state index contributed by atoms with van der Waals surface area (Å²) in [6.07, 6.45) is 7.83. The van der Waals surface area contributed by atoms with Crippen molar-refractivity contribution < 1.29 is 13.2 Å². The number of rotatable bonds is 7. The molecule has 0 fully saturated rings. The van der Waals surface area contributed by atoms with Gasteiger partial charge in [-0.3, -0.25) is 9.52 Å². The van der Waals surface area contributed by atoms with Crippen molar-refractivity contribution in [2.45, 2.75) is 43.9 Å². The van der Waals surface area contributed by atoms with E-state index in [-0.39, 0.29) is 15.9 Å². The summed E-state index contributed by atoms with van der Waals surface area (Å²) in [4.78, 5) is 17.2. The Morgan fingerprint density at radius 2 is 2.00 bits per heavy atom. The minimum atomic E-state index is -3.72. The summed E-state index contributed by atoms with van der Waals surface area (Å²) >= 11 is 1.05. The number of nitrogens with zero attached hydrogens (tertiary/aromatic N) is 1. The molecule has 0 saturated carbocycles. The Labute approximate surface area is 163 Å². The van der Waals surface area contributed by atoms with Crippen LogP contribution < -0.4 is 10.0 Å². The van der Waals surface area contributed by atoms with Crippen LogP contribution in [0.25, 0.3) is 0 Å². The van der Waals surface area contributed by atoms with Crippen LogP contribution in [0.5, 0.6) is 0 Å². The highest BCUT2D eigenvalue weighted by atomic mass is 32.2. The smallest absolute Gasteiger partial charge is 0.263 e. The highest BCUT2D eigenvalue weighted by Crippen LogP contribution is 2.25. The first kappa shape index (κ1) is 19.6. The minimum Gasteiger partial charge on any atom is -0.351 e. The van der Waals surface area contributed by atoms with Crippen molar-refractivity contribution >= 4 is 32.4 Å². The van der Waals surface area contributed by atoms with Crippen molar-refractivity contribution in [3.8, 4) is 0 Å². The third-order valence-corrected chi connectivity index (χ3v) is 6.95. The zero-order valence-corrected chi connectivity index (χ0v) is 16.8. The van der Waals surface area contributed by atoms with Gasteiger partial charge in [0.25, 0.3) is 15.9 Å². The Morgan fingerprint density at radius 3 is 2.70 bits per heavy atom. The monoisotopic (exact) mass is 405 g/mol. The van der Waals surface area contributed by atoms with E-state index in [2.05, 4.69) is 21.1 Å². The zero-order chi connectivity index (χ0) is 19.3. The van der Waals surface area contributed by atoms with Crippen molar-refractivity contribution in [3.63, 3.8) is 0 Å². The molecule has 8 heteroatoms. The maximum absolute atomic E-state index is 12.4. The van der Waals surface area contributed by atoms with Gasteiger partial charge in [0.05, 0.1) is 10.6 Å². The summed E-state index contributed by atoms with van der Waals surface area (Å²) in [7, 11) is -3.72. The largest absolute Gasteiger partial charge is 0.351 e. The molecule has 0 unspecified atom stereocenters. The molecule has 0 bridgehead atoms. The lowest BCUT2D eigenvalue weighted by molar-refractivity contribution is 0.0957. The molecule has 144 valence electrons. The predicted octanol–water partition coefficient (Wildman–Crippen LogP) is 3.87. The lowest BCUT2D eigenvalue weighted by Gasteiger charge is -2.12. The van der Waals surface area contributed by atoms with Crippen LogP contribution in [-0.4, -0.2) is 25.9 Å². The number of anilines is 1. The first-order chi connectivity index (χ1) is 13.0. The van der Waals surface area contributed by atoms with E-state index >= 15 is 0 Å². The van der Waals surface area contributed by atoms with Gasteiger partial charge in [-0.05, 0) is 51.2 Å². The molecule has 1 heterocycles. The molecule has 6 nitrogen and oxygen atoms in total. The predicted molar refractivity (Wildman–Crippen MR) is 108 cm³/mol. The van der Waals surface area contributed by atoms with Gasteiger partial charge in [0.15, 0.2) is 5.13 Å². The van der Waals surface area contributed by atoms with Crippen LogP contribution in [0.15, 0.2) is 46.9 Å². The first-order valence-corrected chi connectivity index (χ1v) is 11.3. The van der Waals surface area contributed by atoms with Crippen LogP contribution in [0.1, 0.15) is 47.5 Å². The van der Waals surface area contributed by atoms with E-state index in [1.54, 1.807) is 25.1 Å². The number of nitrogens with one attached hydrogen (secondary N) is 2.